The van der Waals surface area contributed by atoms with Gasteiger partial charge < -0.3 is 34.3 Å². The Morgan fingerprint density at radius 2 is 1.77 bits per heavy atom. The van der Waals surface area contributed by atoms with E-state index in [4.69, 9.17) is 23.7 Å². The van der Waals surface area contributed by atoms with Crippen molar-refractivity contribution in [2.45, 2.75) is 78.0 Å². The number of halogens is 1. The van der Waals surface area contributed by atoms with E-state index in [0.29, 0.717) is 31.6 Å². The zero-order valence-electron chi connectivity index (χ0n) is 21.8. The molecule has 0 aliphatic heterocycles. The normalized spacial score (nSPS) is 15.7. The Kier molecular flexibility index (Phi) is 10.1. The average Bonchev–Trinajstić information content (AvgIpc) is 2.71. The molecule has 1 aliphatic rings. The molecule has 10 heteroatoms. The van der Waals surface area contributed by atoms with Crippen LogP contribution in [0.2, 0.25) is 0 Å². The summed E-state index contributed by atoms with van der Waals surface area (Å²) in [5.41, 5.74) is -0.0144. The zero-order chi connectivity index (χ0) is 26.2. The van der Waals surface area contributed by atoms with Crippen LogP contribution in [0, 0.1) is 5.82 Å². The first kappa shape index (κ1) is 28.6. The fourth-order valence-electron chi connectivity index (χ4n) is 3.56. The maximum atomic E-state index is 15.7. The summed E-state index contributed by atoms with van der Waals surface area (Å²) >= 11 is 0. The van der Waals surface area contributed by atoms with E-state index in [1.807, 2.05) is 0 Å². The van der Waals surface area contributed by atoms with Gasteiger partial charge in [-0.3, -0.25) is 4.79 Å². The molecular weight excluding hydrogens is 459 g/mol. The molecule has 1 aliphatic carbocycles. The lowest BCUT2D eigenvalue weighted by Crippen LogP contribution is -2.42. The second-order valence-electron chi connectivity index (χ2n) is 10.4. The zero-order valence-corrected chi connectivity index (χ0v) is 21.8. The third-order valence-electron chi connectivity index (χ3n) is 4.92. The minimum absolute atomic E-state index is 0.0443. The van der Waals surface area contributed by atoms with Gasteiger partial charge >= 0.3 is 12.1 Å². The van der Waals surface area contributed by atoms with Crippen LogP contribution in [0.1, 0.15) is 59.1 Å². The largest absolute Gasteiger partial charge is 0.465 e. The molecule has 1 aromatic carbocycles. The molecule has 1 amide bonds. The Balaban J connectivity index is 2.20. The number of methoxy groups -OCH3 is 1. The Labute approximate surface area is 207 Å². The monoisotopic (exact) mass is 498 g/mol. The molecule has 0 spiro atoms. The van der Waals surface area contributed by atoms with Crippen LogP contribution < -0.4 is 15.4 Å². The number of anilines is 1. The van der Waals surface area contributed by atoms with E-state index in [2.05, 4.69) is 10.6 Å². The topological polar surface area (TPSA) is 104 Å². The van der Waals surface area contributed by atoms with Gasteiger partial charge in [0.05, 0.1) is 13.2 Å². The van der Waals surface area contributed by atoms with Gasteiger partial charge in [0.1, 0.15) is 29.2 Å². The van der Waals surface area contributed by atoms with E-state index in [-0.39, 0.29) is 37.2 Å². The molecular formula is C25H39FN2O7. The molecule has 0 saturated heterocycles. The van der Waals surface area contributed by atoms with Crippen molar-refractivity contribution in [1.29, 1.82) is 0 Å². The van der Waals surface area contributed by atoms with Crippen LogP contribution in [-0.4, -0.2) is 63.0 Å². The minimum atomic E-state index is -0.664. The Morgan fingerprint density at radius 1 is 1.09 bits per heavy atom. The first-order chi connectivity index (χ1) is 16.3. The Hall–Kier alpha value is -2.59. The number of ether oxygens (including phenoxy) is 5. The second kappa shape index (κ2) is 12.4. The van der Waals surface area contributed by atoms with E-state index < -0.39 is 29.1 Å². The highest BCUT2D eigenvalue weighted by Crippen LogP contribution is 2.36. The number of carbonyl (C=O) groups is 2. The molecule has 35 heavy (non-hydrogen) atoms. The number of hydrogen-bond donors (Lipinski definition) is 2. The molecule has 0 saturated carbocycles. The standard InChI is InChI=1S/C25H39FN2O7/c1-24(2,3)34-20(29)14-27-22-19(33-15-32-11-10-31-7)12-16-8-9-17(13-18(16)21(22)26)28-23(30)35-25(4,5)6/h12,17,27H,8-11,13-15H2,1-7H3,(H,28,30)/t17-/m1/s1. The lowest BCUT2D eigenvalue weighted by Gasteiger charge is -2.29. The van der Waals surface area contributed by atoms with Gasteiger partial charge in [-0.1, -0.05) is 0 Å². The minimum Gasteiger partial charge on any atom is -0.465 e. The van der Waals surface area contributed by atoms with Crippen LogP contribution in [-0.2, 0) is 36.6 Å². The van der Waals surface area contributed by atoms with Crippen molar-refractivity contribution in [3.63, 3.8) is 0 Å². The maximum Gasteiger partial charge on any atom is 0.407 e. The van der Waals surface area contributed by atoms with Gasteiger partial charge in [-0.2, -0.15) is 0 Å². The predicted octanol–water partition coefficient (Wildman–Crippen LogP) is 3.96. The van der Waals surface area contributed by atoms with Crippen molar-refractivity contribution in [2.75, 3.05) is 39.0 Å². The number of hydrogen-bond acceptors (Lipinski definition) is 8. The van der Waals surface area contributed by atoms with Gasteiger partial charge in [-0.05, 0) is 78.0 Å². The fraction of sp³-hybridized carbons (Fsp3) is 0.680. The lowest BCUT2D eigenvalue weighted by atomic mass is 9.87. The van der Waals surface area contributed by atoms with Crippen molar-refractivity contribution in [3.05, 3.63) is 23.0 Å². The molecule has 2 rings (SSSR count). The third-order valence-corrected chi connectivity index (χ3v) is 4.92. The number of nitrogens with one attached hydrogen (secondary N) is 2. The van der Waals surface area contributed by atoms with Crippen molar-refractivity contribution in [1.82, 2.24) is 5.32 Å². The summed E-state index contributed by atoms with van der Waals surface area (Å²) < 4.78 is 42.3. The average molecular weight is 499 g/mol. The van der Waals surface area contributed by atoms with Crippen molar-refractivity contribution >= 4 is 17.7 Å². The molecule has 1 atom stereocenters. The van der Waals surface area contributed by atoms with Gasteiger partial charge in [-0.25, -0.2) is 9.18 Å². The number of amides is 1. The number of fused-ring (bicyclic) bond motifs is 1. The van der Waals surface area contributed by atoms with Gasteiger partial charge in [0.2, 0.25) is 0 Å². The van der Waals surface area contributed by atoms with Crippen molar-refractivity contribution in [2.24, 2.45) is 0 Å². The molecule has 0 heterocycles. The lowest BCUT2D eigenvalue weighted by molar-refractivity contribution is -0.152. The van der Waals surface area contributed by atoms with E-state index in [9.17, 15) is 9.59 Å². The highest BCUT2D eigenvalue weighted by molar-refractivity contribution is 5.77. The number of carbonyl (C=O) groups excluding carboxylic acids is 2. The van der Waals surface area contributed by atoms with Crippen molar-refractivity contribution in [3.8, 4) is 5.75 Å². The summed E-state index contributed by atoms with van der Waals surface area (Å²) in [5, 5.41) is 5.65. The number of esters is 1. The van der Waals surface area contributed by atoms with Crippen molar-refractivity contribution < 1.29 is 37.7 Å². The SMILES string of the molecule is COCCOCOc1cc2c(c(F)c1NCC(=O)OC(C)(C)C)C[C@H](NC(=O)OC(C)(C)C)CC2. The molecule has 1 aromatic rings. The second-order valence-corrected chi connectivity index (χ2v) is 10.4. The third kappa shape index (κ3) is 9.89. The molecule has 0 bridgehead atoms. The first-order valence-electron chi connectivity index (χ1n) is 11.8. The van der Waals surface area contributed by atoms with Gasteiger partial charge in [0.25, 0.3) is 0 Å². The highest BCUT2D eigenvalue weighted by Gasteiger charge is 2.29. The number of alkyl carbamates (subject to hydrolysis) is 1. The maximum absolute atomic E-state index is 15.7. The molecule has 0 unspecified atom stereocenters. The van der Waals surface area contributed by atoms with Crippen LogP contribution in [0.5, 0.6) is 5.75 Å². The van der Waals surface area contributed by atoms with Crippen LogP contribution in [0.25, 0.3) is 0 Å². The summed E-state index contributed by atoms with van der Waals surface area (Å²) in [6, 6.07) is 1.47. The number of rotatable bonds is 10. The first-order valence-corrected chi connectivity index (χ1v) is 11.8. The quantitative estimate of drug-likeness (QED) is 0.284. The van der Waals surface area contributed by atoms with Gasteiger partial charge in [0, 0.05) is 13.2 Å². The Bertz CT molecular complexity index is 878. The highest BCUT2D eigenvalue weighted by atomic mass is 19.1. The van der Waals surface area contributed by atoms with Crippen LogP contribution in [0.15, 0.2) is 6.07 Å². The van der Waals surface area contributed by atoms with E-state index >= 15 is 4.39 Å². The summed E-state index contributed by atoms with van der Waals surface area (Å²) in [7, 11) is 1.56. The van der Waals surface area contributed by atoms with Gasteiger partial charge in [0.15, 0.2) is 12.6 Å². The summed E-state index contributed by atoms with van der Waals surface area (Å²) in [6.07, 6.45) is 0.912. The number of aryl methyl sites for hydroxylation is 1. The molecule has 198 valence electrons. The molecule has 9 nitrogen and oxygen atoms in total. The van der Waals surface area contributed by atoms with E-state index in [1.165, 1.54) is 0 Å². The molecule has 0 aromatic heterocycles. The predicted molar refractivity (Wildman–Crippen MR) is 129 cm³/mol. The number of benzene rings is 1. The summed E-state index contributed by atoms with van der Waals surface area (Å²) in [5.74, 6) is -0.823. The van der Waals surface area contributed by atoms with Gasteiger partial charge in [-0.15, -0.1) is 0 Å². The smallest absolute Gasteiger partial charge is 0.407 e. The van der Waals surface area contributed by atoms with E-state index in [0.717, 1.165) is 5.56 Å². The van der Waals surface area contributed by atoms with Crippen LogP contribution in [0.3, 0.4) is 0 Å². The fourth-order valence-corrected chi connectivity index (χ4v) is 3.56. The van der Waals surface area contributed by atoms with Crippen LogP contribution >= 0.6 is 0 Å². The summed E-state index contributed by atoms with van der Waals surface area (Å²) in [4.78, 5) is 24.4. The van der Waals surface area contributed by atoms with E-state index in [1.54, 1.807) is 54.7 Å². The molecule has 0 radical (unpaired) electrons. The van der Waals surface area contributed by atoms with Crippen LogP contribution in [0.4, 0.5) is 14.9 Å². The molecule has 0 fully saturated rings. The Morgan fingerprint density at radius 3 is 2.40 bits per heavy atom. The molecule has 2 N–H and O–H groups in total. The summed E-state index contributed by atoms with van der Waals surface area (Å²) in [6.45, 7) is 11.0.